The molecule has 6 heteroatoms. The van der Waals surface area contributed by atoms with E-state index in [1.807, 2.05) is 11.4 Å². The van der Waals surface area contributed by atoms with Gasteiger partial charge in [0.05, 0.1) is 9.35 Å². The fourth-order valence-electron chi connectivity index (χ4n) is 1.71. The Kier molecular flexibility index (Phi) is 4.11. The van der Waals surface area contributed by atoms with E-state index in [-0.39, 0.29) is 11.7 Å². The van der Waals surface area contributed by atoms with Gasteiger partial charge >= 0.3 is 0 Å². The molecule has 1 amide bonds. The summed E-state index contributed by atoms with van der Waals surface area (Å²) < 4.78 is 1.03. The highest BCUT2D eigenvalue weighted by atomic mass is 79.9. The third kappa shape index (κ3) is 3.27. The number of nitrogen functional groups attached to an aromatic ring is 1. The molecule has 100 valence electrons. The SMILES string of the molecule is CN(Cc1csc(Br)c1)C(=O)c1cc(O)ccc1N. The molecule has 3 N–H and O–H groups in total. The van der Waals surface area contributed by atoms with Crippen molar-refractivity contribution >= 4 is 38.9 Å². The third-order valence-electron chi connectivity index (χ3n) is 2.66. The summed E-state index contributed by atoms with van der Waals surface area (Å²) in [6.07, 6.45) is 0. The van der Waals surface area contributed by atoms with Crippen molar-refractivity contribution in [1.29, 1.82) is 0 Å². The standard InChI is InChI=1S/C13H13BrN2O2S/c1-16(6-8-4-12(14)19-7-8)13(18)10-5-9(17)2-3-11(10)15/h2-5,7,17H,6,15H2,1H3. The first kappa shape index (κ1) is 13.9. The zero-order valence-electron chi connectivity index (χ0n) is 10.3. The smallest absolute Gasteiger partial charge is 0.256 e. The van der Waals surface area contributed by atoms with Gasteiger partial charge in [-0.2, -0.15) is 0 Å². The second kappa shape index (κ2) is 5.63. The van der Waals surface area contributed by atoms with Crippen LogP contribution in [0.15, 0.2) is 33.4 Å². The maximum Gasteiger partial charge on any atom is 0.256 e. The number of halogens is 1. The highest BCUT2D eigenvalue weighted by Gasteiger charge is 2.16. The molecule has 0 unspecified atom stereocenters. The second-order valence-electron chi connectivity index (χ2n) is 4.19. The van der Waals surface area contributed by atoms with Crippen molar-refractivity contribution in [3.05, 3.63) is 44.6 Å². The van der Waals surface area contributed by atoms with Crippen molar-refractivity contribution in [2.45, 2.75) is 6.54 Å². The zero-order valence-corrected chi connectivity index (χ0v) is 12.7. The molecular formula is C13H13BrN2O2S. The molecule has 4 nitrogen and oxygen atoms in total. The summed E-state index contributed by atoms with van der Waals surface area (Å²) in [5.41, 5.74) is 7.49. The Hall–Kier alpha value is -1.53. The number of phenolic OH excluding ortho intramolecular Hbond substituents is 1. The number of hydrogen-bond donors (Lipinski definition) is 2. The van der Waals surface area contributed by atoms with Crippen molar-refractivity contribution in [1.82, 2.24) is 4.90 Å². The molecule has 0 aliphatic rings. The second-order valence-corrected chi connectivity index (χ2v) is 6.48. The molecule has 0 atom stereocenters. The van der Waals surface area contributed by atoms with E-state index in [9.17, 15) is 9.90 Å². The molecule has 19 heavy (non-hydrogen) atoms. The van der Waals surface area contributed by atoms with Crippen molar-refractivity contribution in [2.75, 3.05) is 12.8 Å². The Labute approximate surface area is 123 Å². The minimum atomic E-state index is -0.212. The minimum Gasteiger partial charge on any atom is -0.508 e. The van der Waals surface area contributed by atoms with Crippen molar-refractivity contribution in [2.24, 2.45) is 0 Å². The number of amides is 1. The van der Waals surface area contributed by atoms with E-state index in [2.05, 4.69) is 15.9 Å². The van der Waals surface area contributed by atoms with Gasteiger partial charge in [0.1, 0.15) is 5.75 Å². The highest BCUT2D eigenvalue weighted by Crippen LogP contribution is 2.23. The number of carbonyl (C=O) groups is 1. The van der Waals surface area contributed by atoms with Gasteiger partial charge in [-0.05, 0) is 51.1 Å². The molecule has 0 aliphatic carbocycles. The molecule has 0 fully saturated rings. The van der Waals surface area contributed by atoms with Gasteiger partial charge in [0.25, 0.3) is 5.91 Å². The molecular weight excluding hydrogens is 328 g/mol. The lowest BCUT2D eigenvalue weighted by Gasteiger charge is -2.17. The number of aromatic hydroxyl groups is 1. The number of anilines is 1. The van der Waals surface area contributed by atoms with Gasteiger partial charge in [0, 0.05) is 19.3 Å². The molecule has 0 saturated heterocycles. The largest absolute Gasteiger partial charge is 0.508 e. The van der Waals surface area contributed by atoms with Crippen LogP contribution in [-0.4, -0.2) is 23.0 Å². The van der Waals surface area contributed by atoms with Gasteiger partial charge in [-0.3, -0.25) is 4.79 Å². The average molecular weight is 341 g/mol. The van der Waals surface area contributed by atoms with Gasteiger partial charge in [0.2, 0.25) is 0 Å². The van der Waals surface area contributed by atoms with Crippen molar-refractivity contribution < 1.29 is 9.90 Å². The van der Waals surface area contributed by atoms with Crippen LogP contribution in [0.5, 0.6) is 5.75 Å². The summed E-state index contributed by atoms with van der Waals surface area (Å²) in [6, 6.07) is 6.34. The summed E-state index contributed by atoms with van der Waals surface area (Å²) in [5, 5.41) is 11.4. The van der Waals surface area contributed by atoms with E-state index < -0.39 is 0 Å². The minimum absolute atomic E-state index is 0.0317. The van der Waals surface area contributed by atoms with Gasteiger partial charge in [-0.25, -0.2) is 0 Å². The summed E-state index contributed by atoms with van der Waals surface area (Å²) in [4.78, 5) is 13.8. The Bertz CT molecular complexity index is 612. The number of phenols is 1. The van der Waals surface area contributed by atoms with Crippen molar-refractivity contribution in [3.8, 4) is 5.75 Å². The lowest BCUT2D eigenvalue weighted by molar-refractivity contribution is 0.0786. The molecule has 0 spiro atoms. The molecule has 0 radical (unpaired) electrons. The number of benzene rings is 1. The predicted molar refractivity (Wildman–Crippen MR) is 80.3 cm³/mol. The molecule has 1 heterocycles. The lowest BCUT2D eigenvalue weighted by atomic mass is 10.1. The Morgan fingerprint density at radius 2 is 2.21 bits per heavy atom. The molecule has 1 aromatic heterocycles. The van der Waals surface area contributed by atoms with Crippen LogP contribution in [0.3, 0.4) is 0 Å². The van der Waals surface area contributed by atoms with Crippen LogP contribution in [-0.2, 0) is 6.54 Å². The fraction of sp³-hybridized carbons (Fsp3) is 0.154. The Balaban J connectivity index is 2.16. The van der Waals surface area contributed by atoms with Crippen LogP contribution in [0.1, 0.15) is 15.9 Å². The van der Waals surface area contributed by atoms with E-state index in [1.165, 1.54) is 18.2 Å². The molecule has 0 bridgehead atoms. The predicted octanol–water partition coefficient (Wildman–Crippen LogP) is 3.07. The highest BCUT2D eigenvalue weighted by molar-refractivity contribution is 9.11. The molecule has 2 aromatic rings. The number of nitrogens with two attached hydrogens (primary N) is 1. The number of hydrogen-bond acceptors (Lipinski definition) is 4. The van der Waals surface area contributed by atoms with Crippen LogP contribution >= 0.6 is 27.3 Å². The van der Waals surface area contributed by atoms with Crippen LogP contribution in [0.25, 0.3) is 0 Å². The maximum absolute atomic E-state index is 12.3. The summed E-state index contributed by atoms with van der Waals surface area (Å²) in [5.74, 6) is -0.181. The van der Waals surface area contributed by atoms with E-state index in [4.69, 9.17) is 5.73 Å². The van der Waals surface area contributed by atoms with E-state index in [0.717, 1.165) is 9.35 Å². The number of rotatable bonds is 3. The van der Waals surface area contributed by atoms with Crippen LogP contribution < -0.4 is 5.73 Å². The zero-order chi connectivity index (χ0) is 14.0. The van der Waals surface area contributed by atoms with Gasteiger partial charge < -0.3 is 15.7 Å². The number of nitrogens with zero attached hydrogens (tertiary/aromatic N) is 1. The van der Waals surface area contributed by atoms with Gasteiger partial charge in [0.15, 0.2) is 0 Å². The Morgan fingerprint density at radius 3 is 2.84 bits per heavy atom. The normalized spacial score (nSPS) is 10.4. The first-order valence-corrected chi connectivity index (χ1v) is 7.21. The lowest BCUT2D eigenvalue weighted by Crippen LogP contribution is -2.26. The monoisotopic (exact) mass is 340 g/mol. The van der Waals surface area contributed by atoms with Gasteiger partial charge in [-0.15, -0.1) is 11.3 Å². The summed E-state index contributed by atoms with van der Waals surface area (Å²) >= 11 is 4.96. The Morgan fingerprint density at radius 1 is 1.47 bits per heavy atom. The molecule has 1 aromatic carbocycles. The quantitative estimate of drug-likeness (QED) is 0.666. The van der Waals surface area contributed by atoms with Gasteiger partial charge in [-0.1, -0.05) is 0 Å². The third-order valence-corrected chi connectivity index (χ3v) is 4.21. The topological polar surface area (TPSA) is 66.6 Å². The van der Waals surface area contributed by atoms with E-state index >= 15 is 0 Å². The summed E-state index contributed by atoms with van der Waals surface area (Å²) in [7, 11) is 1.71. The first-order chi connectivity index (χ1) is 8.97. The van der Waals surface area contributed by atoms with Crippen LogP contribution in [0, 0.1) is 0 Å². The van der Waals surface area contributed by atoms with Crippen LogP contribution in [0.4, 0.5) is 5.69 Å². The number of carbonyl (C=O) groups excluding carboxylic acids is 1. The molecule has 0 aliphatic heterocycles. The summed E-state index contributed by atoms with van der Waals surface area (Å²) in [6.45, 7) is 0.496. The maximum atomic E-state index is 12.3. The fourth-order valence-corrected chi connectivity index (χ4v) is 2.91. The molecule has 2 rings (SSSR count). The van der Waals surface area contributed by atoms with E-state index in [1.54, 1.807) is 23.3 Å². The van der Waals surface area contributed by atoms with Crippen LogP contribution in [0.2, 0.25) is 0 Å². The first-order valence-electron chi connectivity index (χ1n) is 5.54. The van der Waals surface area contributed by atoms with Crippen molar-refractivity contribution in [3.63, 3.8) is 0 Å². The average Bonchev–Trinajstić information content (AvgIpc) is 2.77. The number of thiophene rings is 1. The van der Waals surface area contributed by atoms with E-state index in [0.29, 0.717) is 17.8 Å². The molecule has 0 saturated carbocycles.